The van der Waals surface area contributed by atoms with Crippen molar-refractivity contribution < 1.29 is 22.4 Å². The van der Waals surface area contributed by atoms with E-state index in [0.29, 0.717) is 25.2 Å². The van der Waals surface area contributed by atoms with Crippen molar-refractivity contribution in [1.29, 1.82) is 0 Å². The molecule has 0 radical (unpaired) electrons. The molecule has 1 saturated heterocycles. The van der Waals surface area contributed by atoms with Crippen molar-refractivity contribution in [3.63, 3.8) is 0 Å². The predicted molar refractivity (Wildman–Crippen MR) is 69.2 cm³/mol. The molecule has 1 aliphatic heterocycles. The van der Waals surface area contributed by atoms with Gasteiger partial charge < -0.3 is 4.90 Å². The van der Waals surface area contributed by atoms with Gasteiger partial charge in [0.2, 0.25) is 0 Å². The highest BCUT2D eigenvalue weighted by Gasteiger charge is 2.35. The molecule has 1 aliphatic rings. The predicted octanol–water partition coefficient (Wildman–Crippen LogP) is 3.42. The first kappa shape index (κ1) is 15.2. The molecule has 110 valence electrons. The number of hydrogen-bond donors (Lipinski definition) is 0. The van der Waals surface area contributed by atoms with Gasteiger partial charge in [-0.25, -0.2) is 4.39 Å². The van der Waals surface area contributed by atoms with Crippen LogP contribution in [0.4, 0.5) is 17.6 Å². The summed E-state index contributed by atoms with van der Waals surface area (Å²) in [5.41, 5.74) is -1.53. The smallest absolute Gasteiger partial charge is 0.337 e. The monoisotopic (exact) mass is 307 g/mol. The summed E-state index contributed by atoms with van der Waals surface area (Å²) in [5, 5.41) is 0.246. The van der Waals surface area contributed by atoms with Crippen LogP contribution in [0, 0.1) is 5.82 Å². The van der Waals surface area contributed by atoms with Crippen LogP contribution >= 0.6 is 11.8 Å². The fraction of sp³-hybridized carbons (Fsp3) is 0.462. The molecule has 1 heterocycles. The molecule has 0 aromatic heterocycles. The summed E-state index contributed by atoms with van der Waals surface area (Å²) >= 11 is 1.71. The second-order valence-electron chi connectivity index (χ2n) is 4.62. The number of rotatable bonds is 1. The highest BCUT2D eigenvalue weighted by atomic mass is 32.2. The van der Waals surface area contributed by atoms with E-state index in [2.05, 4.69) is 0 Å². The molecule has 1 aromatic rings. The van der Waals surface area contributed by atoms with Gasteiger partial charge in [-0.1, -0.05) is 6.92 Å². The lowest BCUT2D eigenvalue weighted by molar-refractivity contribution is -0.140. The minimum absolute atomic E-state index is 0.127. The van der Waals surface area contributed by atoms with Crippen molar-refractivity contribution in [1.82, 2.24) is 4.90 Å². The Bertz CT molecular complexity index is 518. The van der Waals surface area contributed by atoms with Gasteiger partial charge in [0.05, 0.1) is 5.56 Å². The van der Waals surface area contributed by atoms with E-state index < -0.39 is 23.5 Å². The lowest BCUT2D eigenvalue weighted by Gasteiger charge is -2.30. The molecule has 0 N–H and O–H groups in total. The number of hydrogen-bond acceptors (Lipinski definition) is 2. The van der Waals surface area contributed by atoms with Gasteiger partial charge in [0.25, 0.3) is 5.91 Å². The Labute approximate surface area is 118 Å². The average Bonchev–Trinajstić information content (AvgIpc) is 2.37. The number of benzene rings is 1. The van der Waals surface area contributed by atoms with Gasteiger partial charge in [0.15, 0.2) is 0 Å². The van der Waals surface area contributed by atoms with E-state index in [1.165, 1.54) is 4.90 Å². The van der Waals surface area contributed by atoms with Gasteiger partial charge in [0, 0.05) is 29.7 Å². The maximum Gasteiger partial charge on any atom is 0.419 e. The first-order valence-electron chi connectivity index (χ1n) is 6.06. The minimum atomic E-state index is -4.80. The number of alkyl halides is 3. The van der Waals surface area contributed by atoms with Gasteiger partial charge in [-0.2, -0.15) is 24.9 Å². The van der Waals surface area contributed by atoms with Crippen molar-refractivity contribution in [2.45, 2.75) is 18.3 Å². The third kappa shape index (κ3) is 3.26. The van der Waals surface area contributed by atoms with E-state index in [4.69, 9.17) is 0 Å². The van der Waals surface area contributed by atoms with Crippen molar-refractivity contribution in [2.75, 3.05) is 18.8 Å². The maximum absolute atomic E-state index is 13.2. The standard InChI is InChI=1S/C13H13F4NOS/c1-8-7-18(4-5-20-8)12(19)9-2-3-11(14)10(6-9)13(15,16)17/h2-3,6,8H,4-5,7H2,1H3. The molecule has 0 saturated carbocycles. The van der Waals surface area contributed by atoms with Crippen molar-refractivity contribution in [3.8, 4) is 0 Å². The molecule has 1 unspecified atom stereocenters. The van der Waals surface area contributed by atoms with Crippen LogP contribution in [0.1, 0.15) is 22.8 Å². The fourth-order valence-electron chi connectivity index (χ4n) is 2.06. The summed E-state index contributed by atoms with van der Waals surface area (Å²) < 4.78 is 51.1. The Kier molecular flexibility index (Phi) is 4.27. The van der Waals surface area contributed by atoms with E-state index >= 15 is 0 Å². The minimum Gasteiger partial charge on any atom is -0.337 e. The molecule has 0 spiro atoms. The maximum atomic E-state index is 13.2. The van der Waals surface area contributed by atoms with E-state index in [9.17, 15) is 22.4 Å². The molecule has 0 bridgehead atoms. The van der Waals surface area contributed by atoms with Gasteiger partial charge in [-0.05, 0) is 18.2 Å². The van der Waals surface area contributed by atoms with Crippen LogP contribution in [0.15, 0.2) is 18.2 Å². The lowest BCUT2D eigenvalue weighted by atomic mass is 10.1. The first-order valence-corrected chi connectivity index (χ1v) is 7.11. The average molecular weight is 307 g/mol. The van der Waals surface area contributed by atoms with Crippen LogP contribution < -0.4 is 0 Å². The molecule has 1 fully saturated rings. The zero-order chi connectivity index (χ0) is 14.9. The van der Waals surface area contributed by atoms with Gasteiger partial charge in [0.1, 0.15) is 5.82 Å². The molecule has 1 aromatic carbocycles. The summed E-state index contributed by atoms with van der Waals surface area (Å²) in [5.74, 6) is -1.10. The molecule has 1 amide bonds. The van der Waals surface area contributed by atoms with Gasteiger partial charge in [-0.15, -0.1) is 0 Å². The SMILES string of the molecule is CC1CN(C(=O)c2ccc(F)c(C(F)(F)F)c2)CCS1. The van der Waals surface area contributed by atoms with Crippen LogP contribution in [0.5, 0.6) is 0 Å². The molecule has 0 aliphatic carbocycles. The molecule has 2 rings (SSSR count). The normalized spacial score (nSPS) is 20.1. The number of nitrogens with zero attached hydrogens (tertiary/aromatic N) is 1. The number of carbonyl (C=O) groups excluding carboxylic acids is 1. The number of thioether (sulfide) groups is 1. The molecule has 1 atom stereocenters. The molecule has 7 heteroatoms. The van der Waals surface area contributed by atoms with Crippen LogP contribution in [0.3, 0.4) is 0 Å². The summed E-state index contributed by atoms with van der Waals surface area (Å²) in [7, 11) is 0. The van der Waals surface area contributed by atoms with Crippen LogP contribution in [-0.2, 0) is 6.18 Å². The topological polar surface area (TPSA) is 20.3 Å². The fourth-order valence-corrected chi connectivity index (χ4v) is 3.07. The highest BCUT2D eigenvalue weighted by Crippen LogP contribution is 2.32. The third-order valence-electron chi connectivity index (χ3n) is 3.05. The van der Waals surface area contributed by atoms with Crippen molar-refractivity contribution in [2.24, 2.45) is 0 Å². The zero-order valence-electron chi connectivity index (χ0n) is 10.7. The van der Waals surface area contributed by atoms with Crippen molar-refractivity contribution >= 4 is 17.7 Å². The largest absolute Gasteiger partial charge is 0.419 e. The summed E-state index contributed by atoms with van der Waals surface area (Å²) in [6, 6.07) is 2.38. The molecule has 20 heavy (non-hydrogen) atoms. The summed E-state index contributed by atoms with van der Waals surface area (Å²) in [4.78, 5) is 13.7. The molecule has 2 nitrogen and oxygen atoms in total. The Morgan fingerprint density at radius 3 is 2.70 bits per heavy atom. The van der Waals surface area contributed by atoms with Crippen LogP contribution in [0.2, 0.25) is 0 Å². The van der Waals surface area contributed by atoms with Gasteiger partial charge >= 0.3 is 6.18 Å². The Morgan fingerprint density at radius 1 is 1.40 bits per heavy atom. The van der Waals surface area contributed by atoms with E-state index in [0.717, 1.165) is 11.8 Å². The lowest BCUT2D eigenvalue weighted by Crippen LogP contribution is -2.41. The van der Waals surface area contributed by atoms with E-state index in [1.54, 1.807) is 11.8 Å². The zero-order valence-corrected chi connectivity index (χ0v) is 11.5. The Balaban J connectivity index is 2.26. The molecular formula is C13H13F4NOS. The number of amides is 1. The second-order valence-corrected chi connectivity index (χ2v) is 6.17. The Morgan fingerprint density at radius 2 is 2.10 bits per heavy atom. The molecular weight excluding hydrogens is 294 g/mol. The Hall–Kier alpha value is -1.24. The summed E-state index contributed by atoms with van der Waals surface area (Å²) in [6.07, 6.45) is -4.80. The third-order valence-corrected chi connectivity index (χ3v) is 4.18. The van der Waals surface area contributed by atoms with Gasteiger partial charge in [-0.3, -0.25) is 4.79 Å². The van der Waals surface area contributed by atoms with Crippen LogP contribution in [0.25, 0.3) is 0 Å². The number of halogens is 4. The first-order chi connectivity index (χ1) is 9.29. The number of carbonyl (C=O) groups is 1. The highest BCUT2D eigenvalue weighted by molar-refractivity contribution is 7.99. The summed E-state index contributed by atoms with van der Waals surface area (Å²) in [6.45, 7) is 2.94. The van der Waals surface area contributed by atoms with Crippen LogP contribution in [-0.4, -0.2) is 34.9 Å². The van der Waals surface area contributed by atoms with Crippen molar-refractivity contribution in [3.05, 3.63) is 35.1 Å². The van der Waals surface area contributed by atoms with E-state index in [1.807, 2.05) is 6.92 Å². The quantitative estimate of drug-likeness (QED) is 0.741. The second kappa shape index (κ2) is 5.63. The van der Waals surface area contributed by atoms with E-state index in [-0.39, 0.29) is 10.8 Å².